The molecule has 0 saturated carbocycles. The molecule has 1 fully saturated rings. The van der Waals surface area contributed by atoms with Crippen molar-refractivity contribution in [1.82, 2.24) is 5.32 Å². The molecule has 1 unspecified atom stereocenters. The van der Waals surface area contributed by atoms with Gasteiger partial charge < -0.3 is 19.5 Å². The molecule has 1 aliphatic rings. The number of nitrogens with one attached hydrogen (secondary N) is 1. The summed E-state index contributed by atoms with van der Waals surface area (Å²) in [6.07, 6.45) is 1.09. The van der Waals surface area contributed by atoms with Crippen molar-refractivity contribution in [1.29, 1.82) is 0 Å². The van der Waals surface area contributed by atoms with Crippen molar-refractivity contribution in [2.75, 3.05) is 33.5 Å². The highest BCUT2D eigenvalue weighted by Crippen LogP contribution is 2.25. The minimum absolute atomic E-state index is 0.517. The first-order valence-electron chi connectivity index (χ1n) is 7.77. The fourth-order valence-corrected chi connectivity index (χ4v) is 2.38. The van der Waals surface area contributed by atoms with Gasteiger partial charge in [0.1, 0.15) is 11.5 Å². The Kier molecular flexibility index (Phi) is 6.33. The molecule has 118 valence electrons. The lowest BCUT2D eigenvalue weighted by Crippen LogP contribution is -2.20. The molecule has 1 aromatic rings. The van der Waals surface area contributed by atoms with Crippen LogP contribution in [0.1, 0.15) is 25.8 Å². The number of ether oxygens (including phenoxy) is 3. The largest absolute Gasteiger partial charge is 0.497 e. The SMILES string of the molecule is COc1ccc(OCC2CCOC2)c(CNCC(C)C)c1. The summed E-state index contributed by atoms with van der Waals surface area (Å²) in [7, 11) is 1.69. The van der Waals surface area contributed by atoms with E-state index in [0.29, 0.717) is 11.8 Å². The molecule has 2 rings (SSSR count). The maximum Gasteiger partial charge on any atom is 0.124 e. The zero-order valence-electron chi connectivity index (χ0n) is 13.4. The molecule has 4 heteroatoms. The predicted octanol–water partition coefficient (Wildman–Crippen LogP) is 2.86. The van der Waals surface area contributed by atoms with Gasteiger partial charge in [0, 0.05) is 24.6 Å². The van der Waals surface area contributed by atoms with Crippen molar-refractivity contribution >= 4 is 0 Å². The van der Waals surface area contributed by atoms with E-state index in [1.807, 2.05) is 18.2 Å². The first-order valence-corrected chi connectivity index (χ1v) is 7.77. The smallest absolute Gasteiger partial charge is 0.124 e. The Balaban J connectivity index is 1.96. The molecular weight excluding hydrogens is 266 g/mol. The Morgan fingerprint density at radius 1 is 1.38 bits per heavy atom. The van der Waals surface area contributed by atoms with E-state index in [4.69, 9.17) is 14.2 Å². The quantitative estimate of drug-likeness (QED) is 0.800. The van der Waals surface area contributed by atoms with Crippen LogP contribution in [0.15, 0.2) is 18.2 Å². The van der Waals surface area contributed by atoms with E-state index in [2.05, 4.69) is 19.2 Å². The summed E-state index contributed by atoms with van der Waals surface area (Å²) in [5.41, 5.74) is 1.15. The molecule has 0 aliphatic carbocycles. The van der Waals surface area contributed by atoms with Crippen LogP contribution in [0.25, 0.3) is 0 Å². The van der Waals surface area contributed by atoms with Crippen LogP contribution in [0.3, 0.4) is 0 Å². The lowest BCUT2D eigenvalue weighted by atomic mass is 10.1. The number of hydrogen-bond acceptors (Lipinski definition) is 4. The monoisotopic (exact) mass is 293 g/mol. The average Bonchev–Trinajstić information content (AvgIpc) is 2.98. The molecule has 0 amide bonds. The van der Waals surface area contributed by atoms with Gasteiger partial charge >= 0.3 is 0 Å². The summed E-state index contributed by atoms with van der Waals surface area (Å²) in [6.45, 7) is 8.60. The van der Waals surface area contributed by atoms with Crippen molar-refractivity contribution in [2.45, 2.75) is 26.8 Å². The van der Waals surface area contributed by atoms with Gasteiger partial charge in [-0.3, -0.25) is 0 Å². The standard InChI is InChI=1S/C17H27NO3/c1-13(2)9-18-10-15-8-16(19-3)4-5-17(15)21-12-14-6-7-20-11-14/h4-5,8,13-14,18H,6-7,9-12H2,1-3H3. The summed E-state index contributed by atoms with van der Waals surface area (Å²) in [6, 6.07) is 6.00. The summed E-state index contributed by atoms with van der Waals surface area (Å²) < 4.78 is 16.7. The Hall–Kier alpha value is -1.26. The summed E-state index contributed by atoms with van der Waals surface area (Å²) >= 11 is 0. The molecule has 1 saturated heterocycles. The second-order valence-electron chi connectivity index (χ2n) is 6.04. The second kappa shape index (κ2) is 8.25. The first-order chi connectivity index (χ1) is 10.2. The van der Waals surface area contributed by atoms with Crippen molar-refractivity contribution < 1.29 is 14.2 Å². The zero-order valence-corrected chi connectivity index (χ0v) is 13.4. The Morgan fingerprint density at radius 2 is 2.24 bits per heavy atom. The number of rotatable bonds is 8. The van der Waals surface area contributed by atoms with Crippen LogP contribution in [0, 0.1) is 11.8 Å². The summed E-state index contributed by atoms with van der Waals surface area (Å²) in [4.78, 5) is 0. The van der Waals surface area contributed by atoms with Crippen LogP contribution in [-0.4, -0.2) is 33.5 Å². The van der Waals surface area contributed by atoms with E-state index in [1.54, 1.807) is 7.11 Å². The maximum absolute atomic E-state index is 6.00. The van der Waals surface area contributed by atoms with E-state index in [1.165, 1.54) is 0 Å². The van der Waals surface area contributed by atoms with Crippen molar-refractivity contribution in [3.8, 4) is 11.5 Å². The van der Waals surface area contributed by atoms with E-state index >= 15 is 0 Å². The number of methoxy groups -OCH3 is 1. The molecule has 1 atom stereocenters. The topological polar surface area (TPSA) is 39.7 Å². The molecular formula is C17H27NO3. The van der Waals surface area contributed by atoms with Gasteiger partial charge in [-0.15, -0.1) is 0 Å². The van der Waals surface area contributed by atoms with Crippen LogP contribution in [0.2, 0.25) is 0 Å². The average molecular weight is 293 g/mol. The van der Waals surface area contributed by atoms with Crippen LogP contribution >= 0.6 is 0 Å². The molecule has 0 aromatic heterocycles. The Labute approximate surface area is 127 Å². The van der Waals surface area contributed by atoms with E-state index in [-0.39, 0.29) is 0 Å². The third-order valence-corrected chi connectivity index (χ3v) is 3.63. The van der Waals surface area contributed by atoms with Gasteiger partial charge in [0.05, 0.1) is 20.3 Å². The van der Waals surface area contributed by atoms with Crippen molar-refractivity contribution in [3.05, 3.63) is 23.8 Å². The molecule has 21 heavy (non-hydrogen) atoms. The molecule has 4 nitrogen and oxygen atoms in total. The summed E-state index contributed by atoms with van der Waals surface area (Å²) in [5.74, 6) is 2.96. The lowest BCUT2D eigenvalue weighted by Gasteiger charge is -2.16. The lowest BCUT2D eigenvalue weighted by molar-refractivity contribution is 0.166. The maximum atomic E-state index is 6.00. The van der Waals surface area contributed by atoms with Gasteiger partial charge in [-0.05, 0) is 37.1 Å². The highest BCUT2D eigenvalue weighted by atomic mass is 16.5. The van der Waals surface area contributed by atoms with Crippen LogP contribution in [0.5, 0.6) is 11.5 Å². The molecule has 0 spiro atoms. The highest BCUT2D eigenvalue weighted by molar-refractivity contribution is 5.40. The van der Waals surface area contributed by atoms with Crippen LogP contribution in [0.4, 0.5) is 0 Å². The molecule has 1 aromatic carbocycles. The van der Waals surface area contributed by atoms with Crippen LogP contribution < -0.4 is 14.8 Å². The van der Waals surface area contributed by atoms with E-state index < -0.39 is 0 Å². The third kappa shape index (κ3) is 5.21. The van der Waals surface area contributed by atoms with E-state index in [0.717, 1.165) is 56.4 Å². The molecule has 0 radical (unpaired) electrons. The van der Waals surface area contributed by atoms with Gasteiger partial charge in [-0.25, -0.2) is 0 Å². The van der Waals surface area contributed by atoms with Gasteiger partial charge in [0.2, 0.25) is 0 Å². The Morgan fingerprint density at radius 3 is 2.90 bits per heavy atom. The van der Waals surface area contributed by atoms with Gasteiger partial charge in [0.25, 0.3) is 0 Å². The normalized spacial score (nSPS) is 18.2. The number of benzene rings is 1. The molecule has 1 N–H and O–H groups in total. The summed E-state index contributed by atoms with van der Waals surface area (Å²) in [5, 5.41) is 3.46. The zero-order chi connectivity index (χ0) is 15.1. The minimum Gasteiger partial charge on any atom is -0.497 e. The van der Waals surface area contributed by atoms with Gasteiger partial charge in [-0.2, -0.15) is 0 Å². The molecule has 1 aliphatic heterocycles. The minimum atomic E-state index is 0.517. The molecule has 0 bridgehead atoms. The fourth-order valence-electron chi connectivity index (χ4n) is 2.38. The van der Waals surface area contributed by atoms with Gasteiger partial charge in [0.15, 0.2) is 0 Å². The van der Waals surface area contributed by atoms with Crippen molar-refractivity contribution in [3.63, 3.8) is 0 Å². The number of hydrogen-bond donors (Lipinski definition) is 1. The second-order valence-corrected chi connectivity index (χ2v) is 6.04. The van der Waals surface area contributed by atoms with E-state index in [9.17, 15) is 0 Å². The molecule has 1 heterocycles. The first kappa shape index (κ1) is 16.1. The Bertz CT molecular complexity index is 428. The third-order valence-electron chi connectivity index (χ3n) is 3.63. The predicted molar refractivity (Wildman–Crippen MR) is 84.0 cm³/mol. The fraction of sp³-hybridized carbons (Fsp3) is 0.647. The van der Waals surface area contributed by atoms with Crippen molar-refractivity contribution in [2.24, 2.45) is 11.8 Å². The van der Waals surface area contributed by atoms with Crippen LogP contribution in [-0.2, 0) is 11.3 Å². The van der Waals surface area contributed by atoms with Gasteiger partial charge in [-0.1, -0.05) is 13.8 Å². The highest BCUT2D eigenvalue weighted by Gasteiger charge is 2.17.